The number of carbonyl (C=O) groups excluding carboxylic acids is 3. The molecule has 0 saturated carbocycles. The molecule has 2 heterocycles. The Morgan fingerprint density at radius 1 is 1.03 bits per heavy atom. The van der Waals surface area contributed by atoms with Crippen molar-refractivity contribution in [2.45, 2.75) is 47.2 Å². The van der Waals surface area contributed by atoms with Gasteiger partial charge in [0.1, 0.15) is 6.04 Å². The van der Waals surface area contributed by atoms with Crippen molar-refractivity contribution in [1.29, 1.82) is 0 Å². The average Bonchev–Trinajstić information content (AvgIpc) is 3.36. The zero-order valence-electron chi connectivity index (χ0n) is 19.3. The minimum absolute atomic E-state index is 0.0750. The molecule has 9 heteroatoms. The Morgan fingerprint density at radius 2 is 1.76 bits per heavy atom. The number of thiophene rings is 1. The van der Waals surface area contributed by atoms with Gasteiger partial charge in [-0.3, -0.25) is 14.4 Å². The third kappa shape index (κ3) is 6.27. The Hall–Kier alpha value is -3.04. The third-order valence-electron chi connectivity index (χ3n) is 5.06. The molecule has 0 aliphatic heterocycles. The second-order valence-electron chi connectivity index (χ2n) is 8.10. The molecule has 0 aliphatic carbocycles. The summed E-state index contributed by atoms with van der Waals surface area (Å²) in [5.74, 6) is -0.755. The number of benzene rings is 1. The molecule has 0 saturated heterocycles. The molecule has 0 spiro atoms. The van der Waals surface area contributed by atoms with Crippen LogP contribution >= 0.6 is 22.7 Å². The van der Waals surface area contributed by atoms with E-state index in [-0.39, 0.29) is 23.6 Å². The molecule has 3 amide bonds. The molecule has 0 radical (unpaired) electrons. The Kier molecular flexibility index (Phi) is 7.99. The van der Waals surface area contributed by atoms with Crippen molar-refractivity contribution in [3.05, 3.63) is 57.3 Å². The van der Waals surface area contributed by atoms with Crippen LogP contribution in [0.5, 0.6) is 0 Å². The van der Waals surface area contributed by atoms with E-state index in [9.17, 15) is 14.4 Å². The van der Waals surface area contributed by atoms with Crippen LogP contribution in [-0.4, -0.2) is 28.7 Å². The average molecular weight is 485 g/mol. The van der Waals surface area contributed by atoms with Crippen LogP contribution in [0.3, 0.4) is 0 Å². The van der Waals surface area contributed by atoms with Crippen LogP contribution in [0.4, 0.5) is 5.13 Å². The lowest BCUT2D eigenvalue weighted by molar-refractivity contribution is -0.119. The molecule has 7 nitrogen and oxygen atoms in total. The second-order valence-corrected chi connectivity index (χ2v) is 10.5. The van der Waals surface area contributed by atoms with Gasteiger partial charge in [-0.25, -0.2) is 4.98 Å². The molecule has 1 unspecified atom stereocenters. The molecule has 174 valence electrons. The van der Waals surface area contributed by atoms with Gasteiger partial charge in [-0.05, 0) is 43.5 Å². The van der Waals surface area contributed by atoms with E-state index in [2.05, 4.69) is 20.9 Å². The first-order chi connectivity index (χ1) is 15.7. The maximum absolute atomic E-state index is 13.0. The van der Waals surface area contributed by atoms with Crippen molar-refractivity contribution in [1.82, 2.24) is 15.6 Å². The molecular weight excluding hydrogens is 456 g/mol. The monoisotopic (exact) mass is 484 g/mol. The Morgan fingerprint density at radius 3 is 2.42 bits per heavy atom. The van der Waals surface area contributed by atoms with Gasteiger partial charge in [0, 0.05) is 22.2 Å². The van der Waals surface area contributed by atoms with E-state index in [1.54, 1.807) is 23.5 Å². The topological polar surface area (TPSA) is 100 Å². The van der Waals surface area contributed by atoms with Crippen LogP contribution < -0.4 is 16.0 Å². The lowest BCUT2D eigenvalue weighted by Crippen LogP contribution is -2.47. The number of rotatable bonds is 8. The highest BCUT2D eigenvalue weighted by Crippen LogP contribution is 2.34. The predicted molar refractivity (Wildman–Crippen MR) is 134 cm³/mol. The van der Waals surface area contributed by atoms with Crippen LogP contribution in [-0.2, 0) is 16.1 Å². The van der Waals surface area contributed by atoms with Gasteiger partial charge < -0.3 is 16.0 Å². The number of amides is 3. The molecule has 2 aromatic heterocycles. The highest BCUT2D eigenvalue weighted by Gasteiger charge is 2.26. The van der Waals surface area contributed by atoms with Gasteiger partial charge in [-0.2, -0.15) is 0 Å². The van der Waals surface area contributed by atoms with Gasteiger partial charge in [0.25, 0.3) is 5.91 Å². The normalized spacial score (nSPS) is 11.8. The summed E-state index contributed by atoms with van der Waals surface area (Å²) in [4.78, 5) is 44.5. The maximum atomic E-state index is 13.0. The summed E-state index contributed by atoms with van der Waals surface area (Å²) in [6, 6.07) is 10.5. The van der Waals surface area contributed by atoms with E-state index >= 15 is 0 Å². The van der Waals surface area contributed by atoms with Crippen molar-refractivity contribution in [3.63, 3.8) is 0 Å². The number of nitrogens with zero attached hydrogens (tertiary/aromatic N) is 1. The largest absolute Gasteiger partial charge is 0.351 e. The first-order valence-corrected chi connectivity index (χ1v) is 12.3. The van der Waals surface area contributed by atoms with Gasteiger partial charge in [-0.1, -0.05) is 32.0 Å². The number of aryl methyl sites for hydroxylation is 2. The number of anilines is 1. The fourth-order valence-corrected chi connectivity index (χ4v) is 5.14. The maximum Gasteiger partial charge on any atom is 0.252 e. The first kappa shape index (κ1) is 24.6. The number of nitrogens with one attached hydrogen (secondary N) is 3. The van der Waals surface area contributed by atoms with Crippen molar-refractivity contribution < 1.29 is 14.4 Å². The summed E-state index contributed by atoms with van der Waals surface area (Å²) in [5.41, 5.74) is 2.21. The Labute approximate surface area is 201 Å². The SMILES string of the molecule is CC(=O)NCc1ccc(-c2nc(NC(=O)C(NC(=O)c3ccccc3C)C(C)C)sc2C)s1. The fraction of sp³-hybridized carbons (Fsp3) is 0.333. The quantitative estimate of drug-likeness (QED) is 0.438. The molecule has 33 heavy (non-hydrogen) atoms. The van der Waals surface area contributed by atoms with E-state index in [1.165, 1.54) is 18.3 Å². The number of carbonyl (C=O) groups is 3. The molecule has 0 bridgehead atoms. The van der Waals surface area contributed by atoms with Crippen molar-refractivity contribution in [2.24, 2.45) is 5.92 Å². The second kappa shape index (κ2) is 10.7. The van der Waals surface area contributed by atoms with Gasteiger partial charge in [0.05, 0.1) is 17.1 Å². The molecule has 0 fully saturated rings. The van der Waals surface area contributed by atoms with Crippen LogP contribution in [0.1, 0.15) is 46.4 Å². The number of aromatic nitrogens is 1. The highest BCUT2D eigenvalue weighted by atomic mass is 32.1. The molecule has 3 N–H and O–H groups in total. The van der Waals surface area contributed by atoms with Crippen LogP contribution in [0, 0.1) is 19.8 Å². The Balaban J connectivity index is 1.71. The zero-order valence-corrected chi connectivity index (χ0v) is 20.9. The van der Waals surface area contributed by atoms with Gasteiger partial charge >= 0.3 is 0 Å². The predicted octanol–water partition coefficient (Wildman–Crippen LogP) is 4.52. The smallest absolute Gasteiger partial charge is 0.252 e. The zero-order chi connectivity index (χ0) is 24.1. The molecule has 1 atom stereocenters. The fourth-order valence-electron chi connectivity index (χ4n) is 3.26. The van der Waals surface area contributed by atoms with Crippen molar-refractivity contribution in [3.8, 4) is 10.6 Å². The van der Waals surface area contributed by atoms with Crippen molar-refractivity contribution in [2.75, 3.05) is 5.32 Å². The molecular formula is C24H28N4O3S2. The van der Waals surface area contributed by atoms with Gasteiger partial charge in [0.15, 0.2) is 5.13 Å². The number of hydrogen-bond acceptors (Lipinski definition) is 6. The molecule has 3 aromatic rings. The third-order valence-corrected chi connectivity index (χ3v) is 7.04. The minimum Gasteiger partial charge on any atom is -0.351 e. The summed E-state index contributed by atoms with van der Waals surface area (Å²) >= 11 is 2.95. The van der Waals surface area contributed by atoms with Crippen LogP contribution in [0.2, 0.25) is 0 Å². The van der Waals surface area contributed by atoms with E-state index in [0.717, 1.165) is 25.9 Å². The lowest BCUT2D eigenvalue weighted by Gasteiger charge is -2.21. The van der Waals surface area contributed by atoms with E-state index in [1.807, 2.05) is 52.0 Å². The first-order valence-electron chi connectivity index (χ1n) is 10.6. The van der Waals surface area contributed by atoms with Gasteiger partial charge in [0.2, 0.25) is 11.8 Å². The standard InChI is InChI=1S/C24H28N4O3S2/c1-13(2)20(26-22(30)18-9-7-6-8-14(18)3)23(31)28-24-27-21(15(4)32-24)19-11-10-17(33-19)12-25-16(5)29/h6-11,13,20H,12H2,1-5H3,(H,25,29)(H,26,30)(H,27,28,31). The van der Waals surface area contributed by atoms with E-state index in [4.69, 9.17) is 0 Å². The number of hydrogen-bond donors (Lipinski definition) is 3. The summed E-state index contributed by atoms with van der Waals surface area (Å²) in [5, 5.41) is 9.02. The van der Waals surface area contributed by atoms with Crippen LogP contribution in [0.15, 0.2) is 36.4 Å². The summed E-state index contributed by atoms with van der Waals surface area (Å²) in [7, 11) is 0. The molecule has 0 aliphatic rings. The number of thiazole rings is 1. The lowest BCUT2D eigenvalue weighted by atomic mass is 10.0. The minimum atomic E-state index is -0.698. The summed E-state index contributed by atoms with van der Waals surface area (Å²) in [6.45, 7) is 9.57. The Bertz CT molecular complexity index is 1170. The van der Waals surface area contributed by atoms with Gasteiger partial charge in [-0.15, -0.1) is 22.7 Å². The molecule has 1 aromatic carbocycles. The van der Waals surface area contributed by atoms with E-state index in [0.29, 0.717) is 17.2 Å². The highest BCUT2D eigenvalue weighted by molar-refractivity contribution is 7.18. The summed E-state index contributed by atoms with van der Waals surface area (Å²) in [6.07, 6.45) is 0. The van der Waals surface area contributed by atoms with E-state index < -0.39 is 6.04 Å². The van der Waals surface area contributed by atoms with Crippen LogP contribution in [0.25, 0.3) is 10.6 Å². The summed E-state index contributed by atoms with van der Waals surface area (Å²) < 4.78 is 0. The molecule has 3 rings (SSSR count). The van der Waals surface area contributed by atoms with Crippen molar-refractivity contribution >= 4 is 45.5 Å².